The quantitative estimate of drug-likeness (QED) is 0.724. The Hall–Kier alpha value is -1.92. The van der Waals surface area contributed by atoms with E-state index in [1.165, 1.54) is 30.4 Å². The number of rotatable bonds is 9. The summed E-state index contributed by atoms with van der Waals surface area (Å²) in [5, 5.41) is 19.2. The van der Waals surface area contributed by atoms with Crippen molar-refractivity contribution in [2.45, 2.75) is 65.0 Å². The Bertz CT molecular complexity index is 523. The summed E-state index contributed by atoms with van der Waals surface area (Å²) in [6.07, 6.45) is 9.52. The fraction of sp³-hybridized carbons (Fsp3) is 0.750. The molecule has 1 heterocycles. The van der Waals surface area contributed by atoms with Crippen LogP contribution in [0.4, 0.5) is 0 Å². The first-order chi connectivity index (χ1) is 11.1. The molecule has 7 nitrogen and oxygen atoms in total. The van der Waals surface area contributed by atoms with Gasteiger partial charge in [0.2, 0.25) is 5.91 Å². The summed E-state index contributed by atoms with van der Waals surface area (Å²) in [4.78, 5) is 23.0. The van der Waals surface area contributed by atoms with Gasteiger partial charge in [0, 0.05) is 5.92 Å². The molecular formula is C16H26N4O3. The van der Waals surface area contributed by atoms with Crippen molar-refractivity contribution in [2.75, 3.05) is 0 Å². The highest BCUT2D eigenvalue weighted by Gasteiger charge is 2.24. The van der Waals surface area contributed by atoms with Gasteiger partial charge in [-0.2, -0.15) is 0 Å². The number of hydrogen-bond donors (Lipinski definition) is 2. The summed E-state index contributed by atoms with van der Waals surface area (Å²) < 4.78 is 1.26. The van der Waals surface area contributed by atoms with Gasteiger partial charge >= 0.3 is 5.97 Å². The highest BCUT2D eigenvalue weighted by atomic mass is 16.4. The number of hydrogen-bond acceptors (Lipinski definition) is 4. The Morgan fingerprint density at radius 2 is 2.17 bits per heavy atom. The van der Waals surface area contributed by atoms with E-state index in [1.54, 1.807) is 6.20 Å². The minimum atomic E-state index is -0.968. The molecule has 1 saturated carbocycles. The van der Waals surface area contributed by atoms with Gasteiger partial charge in [-0.05, 0) is 18.8 Å². The molecule has 0 aromatic carbocycles. The summed E-state index contributed by atoms with van der Waals surface area (Å²) in [7, 11) is 0. The topological polar surface area (TPSA) is 97.1 Å². The average molecular weight is 322 g/mol. The molecule has 1 aromatic rings. The molecule has 2 rings (SSSR count). The zero-order valence-electron chi connectivity index (χ0n) is 13.7. The average Bonchev–Trinajstić information content (AvgIpc) is 3.15. The number of carboxylic acids is 1. The van der Waals surface area contributed by atoms with E-state index < -0.39 is 5.97 Å². The number of nitrogens with one attached hydrogen (secondary N) is 1. The van der Waals surface area contributed by atoms with Crippen molar-refractivity contribution in [1.29, 1.82) is 0 Å². The highest BCUT2D eigenvalue weighted by Crippen LogP contribution is 2.31. The zero-order chi connectivity index (χ0) is 16.7. The Morgan fingerprint density at radius 1 is 1.43 bits per heavy atom. The second-order valence-corrected chi connectivity index (χ2v) is 6.39. The molecule has 2 N–H and O–H groups in total. The summed E-state index contributed by atoms with van der Waals surface area (Å²) in [5.41, 5.74) is 0.579. The van der Waals surface area contributed by atoms with E-state index in [9.17, 15) is 9.59 Å². The first kappa shape index (κ1) is 17.4. The Morgan fingerprint density at radius 3 is 2.83 bits per heavy atom. The van der Waals surface area contributed by atoms with Crippen LogP contribution in [-0.2, 0) is 22.7 Å². The van der Waals surface area contributed by atoms with Crippen molar-refractivity contribution in [3.63, 3.8) is 0 Å². The molecule has 1 aliphatic carbocycles. The minimum absolute atomic E-state index is 0.0668. The molecule has 0 radical (unpaired) electrons. The van der Waals surface area contributed by atoms with Gasteiger partial charge < -0.3 is 10.4 Å². The lowest BCUT2D eigenvalue weighted by atomic mass is 9.89. The molecule has 0 aliphatic heterocycles. The van der Waals surface area contributed by atoms with Crippen molar-refractivity contribution in [2.24, 2.45) is 11.8 Å². The maximum absolute atomic E-state index is 12.4. The molecular weight excluding hydrogens is 296 g/mol. The Labute approximate surface area is 136 Å². The molecule has 1 fully saturated rings. The molecule has 1 aromatic heterocycles. The predicted octanol–water partition coefficient (Wildman–Crippen LogP) is 1.98. The second-order valence-electron chi connectivity index (χ2n) is 6.39. The summed E-state index contributed by atoms with van der Waals surface area (Å²) >= 11 is 0. The third kappa shape index (κ3) is 5.65. The van der Waals surface area contributed by atoms with Crippen LogP contribution in [0.1, 0.15) is 57.6 Å². The van der Waals surface area contributed by atoms with Crippen LogP contribution in [0.5, 0.6) is 0 Å². The molecule has 1 unspecified atom stereocenters. The number of amides is 1. The van der Waals surface area contributed by atoms with E-state index in [4.69, 9.17) is 5.11 Å². The molecule has 1 amide bonds. The van der Waals surface area contributed by atoms with Crippen molar-refractivity contribution >= 4 is 11.9 Å². The van der Waals surface area contributed by atoms with Crippen molar-refractivity contribution in [1.82, 2.24) is 20.3 Å². The molecule has 23 heavy (non-hydrogen) atoms. The van der Waals surface area contributed by atoms with Gasteiger partial charge in [0.15, 0.2) is 0 Å². The standard InChI is InChI=1S/C16H26N4O3/c1-2-5-13(8-12-6-3-4-7-12)16(23)17-9-14-10-20(19-18-14)11-15(21)22/h10,12-13H,2-9,11H2,1H3,(H,17,23)(H,21,22). The first-order valence-electron chi connectivity index (χ1n) is 8.47. The fourth-order valence-corrected chi connectivity index (χ4v) is 3.31. The minimum Gasteiger partial charge on any atom is -0.480 e. The number of carbonyl (C=O) groups is 2. The van der Waals surface area contributed by atoms with Crippen LogP contribution in [-0.4, -0.2) is 32.0 Å². The normalized spacial score (nSPS) is 16.4. The zero-order valence-corrected chi connectivity index (χ0v) is 13.7. The van der Waals surface area contributed by atoms with Crippen molar-refractivity contribution < 1.29 is 14.7 Å². The number of aliphatic carboxylic acids is 1. The second kappa shape index (κ2) is 8.64. The van der Waals surface area contributed by atoms with Crippen LogP contribution in [0.15, 0.2) is 6.20 Å². The van der Waals surface area contributed by atoms with E-state index in [1.807, 2.05) is 0 Å². The highest BCUT2D eigenvalue weighted by molar-refractivity contribution is 5.78. The SMILES string of the molecule is CCCC(CC1CCCC1)C(=O)NCc1cn(CC(=O)O)nn1. The van der Waals surface area contributed by atoms with E-state index in [2.05, 4.69) is 22.6 Å². The third-order valence-corrected chi connectivity index (χ3v) is 4.43. The van der Waals surface area contributed by atoms with Crippen LogP contribution in [0.3, 0.4) is 0 Å². The number of nitrogens with zero attached hydrogens (tertiary/aromatic N) is 3. The maximum Gasteiger partial charge on any atom is 0.325 e. The number of carbonyl (C=O) groups excluding carboxylic acids is 1. The van der Waals surface area contributed by atoms with Crippen LogP contribution in [0.25, 0.3) is 0 Å². The first-order valence-corrected chi connectivity index (χ1v) is 8.47. The van der Waals surface area contributed by atoms with Crippen molar-refractivity contribution in [3.8, 4) is 0 Å². The largest absolute Gasteiger partial charge is 0.480 e. The Kier molecular flexibility index (Phi) is 6.55. The van der Waals surface area contributed by atoms with Crippen LogP contribution in [0.2, 0.25) is 0 Å². The van der Waals surface area contributed by atoms with Gasteiger partial charge in [-0.1, -0.05) is 44.2 Å². The predicted molar refractivity (Wildman–Crippen MR) is 84.5 cm³/mol. The molecule has 1 aliphatic rings. The van der Waals surface area contributed by atoms with Gasteiger partial charge in [-0.15, -0.1) is 5.10 Å². The van der Waals surface area contributed by atoms with E-state index in [0.717, 1.165) is 19.3 Å². The van der Waals surface area contributed by atoms with E-state index in [-0.39, 0.29) is 18.4 Å². The molecule has 7 heteroatoms. The van der Waals surface area contributed by atoms with Gasteiger partial charge in [0.25, 0.3) is 0 Å². The monoisotopic (exact) mass is 322 g/mol. The molecule has 0 saturated heterocycles. The molecule has 0 bridgehead atoms. The van der Waals surface area contributed by atoms with Crippen molar-refractivity contribution in [3.05, 3.63) is 11.9 Å². The fourth-order valence-electron chi connectivity index (χ4n) is 3.31. The Balaban J connectivity index is 1.82. The lowest BCUT2D eigenvalue weighted by Crippen LogP contribution is -2.31. The van der Waals surface area contributed by atoms with Crippen LogP contribution < -0.4 is 5.32 Å². The number of carboxylic acid groups (broad SMARTS) is 1. The molecule has 1 atom stereocenters. The summed E-state index contributed by atoms with van der Waals surface area (Å²) in [6.45, 7) is 2.18. The molecule has 128 valence electrons. The summed E-state index contributed by atoms with van der Waals surface area (Å²) in [6, 6.07) is 0. The van der Waals surface area contributed by atoms with Crippen LogP contribution >= 0.6 is 0 Å². The van der Waals surface area contributed by atoms with E-state index >= 15 is 0 Å². The van der Waals surface area contributed by atoms with Gasteiger partial charge in [0.05, 0.1) is 12.7 Å². The van der Waals surface area contributed by atoms with Gasteiger partial charge in [-0.3, -0.25) is 9.59 Å². The van der Waals surface area contributed by atoms with Crippen LogP contribution in [0, 0.1) is 11.8 Å². The molecule has 0 spiro atoms. The summed E-state index contributed by atoms with van der Waals surface area (Å²) in [5.74, 6) is -0.137. The lowest BCUT2D eigenvalue weighted by molar-refractivity contribution is -0.138. The maximum atomic E-state index is 12.4. The smallest absolute Gasteiger partial charge is 0.325 e. The van der Waals surface area contributed by atoms with Gasteiger partial charge in [-0.25, -0.2) is 4.68 Å². The number of aromatic nitrogens is 3. The lowest BCUT2D eigenvalue weighted by Gasteiger charge is -2.19. The van der Waals surface area contributed by atoms with Gasteiger partial charge in [0.1, 0.15) is 12.2 Å². The van der Waals surface area contributed by atoms with E-state index in [0.29, 0.717) is 18.2 Å². The third-order valence-electron chi connectivity index (χ3n) is 4.43.